The summed E-state index contributed by atoms with van der Waals surface area (Å²) < 4.78 is 10.9. The van der Waals surface area contributed by atoms with E-state index in [0.717, 1.165) is 28.0 Å². The minimum atomic E-state index is 0.164. The van der Waals surface area contributed by atoms with Gasteiger partial charge in [0.05, 0.1) is 18.0 Å². The molecule has 1 N–H and O–H groups in total. The van der Waals surface area contributed by atoms with Crippen LogP contribution in [0.15, 0.2) is 44.7 Å². The number of nitrogens with zero attached hydrogens (tertiary/aromatic N) is 1. The maximum atomic E-state index is 5.60. The predicted octanol–water partition coefficient (Wildman–Crippen LogP) is 4.16. The minimum absolute atomic E-state index is 0.164. The number of aryl methyl sites for hydroxylation is 1. The Kier molecular flexibility index (Phi) is 3.71. The highest BCUT2D eigenvalue weighted by Crippen LogP contribution is 2.24. The molecule has 0 saturated heterocycles. The summed E-state index contributed by atoms with van der Waals surface area (Å²) in [5, 5.41) is 6.36. The van der Waals surface area contributed by atoms with Crippen molar-refractivity contribution in [1.82, 2.24) is 10.3 Å². The summed E-state index contributed by atoms with van der Waals surface area (Å²) >= 11 is 1.59. The Labute approximate surface area is 121 Å². The molecular weight excluding hydrogens is 272 g/mol. The van der Waals surface area contributed by atoms with E-state index in [-0.39, 0.29) is 6.04 Å². The highest BCUT2D eigenvalue weighted by molar-refractivity contribution is 7.13. The van der Waals surface area contributed by atoms with Crippen molar-refractivity contribution in [2.24, 2.45) is 0 Å². The fourth-order valence-corrected chi connectivity index (χ4v) is 2.73. The first-order valence-corrected chi connectivity index (χ1v) is 7.38. The van der Waals surface area contributed by atoms with Gasteiger partial charge in [-0.3, -0.25) is 0 Å². The van der Waals surface area contributed by atoms with Gasteiger partial charge in [0.25, 0.3) is 0 Å². The Morgan fingerprint density at radius 3 is 2.95 bits per heavy atom. The third-order valence-electron chi connectivity index (χ3n) is 3.06. The monoisotopic (exact) mass is 288 g/mol. The van der Waals surface area contributed by atoms with E-state index in [1.54, 1.807) is 17.6 Å². The second-order valence-corrected chi connectivity index (χ2v) is 5.53. The lowest BCUT2D eigenvalue weighted by Crippen LogP contribution is -2.17. The van der Waals surface area contributed by atoms with E-state index in [2.05, 4.69) is 17.2 Å². The molecule has 0 aliphatic carbocycles. The fraction of sp³-hybridized carbons (Fsp3) is 0.267. The first kappa shape index (κ1) is 13.1. The van der Waals surface area contributed by atoms with Gasteiger partial charge in [0.15, 0.2) is 10.8 Å². The first-order chi connectivity index (χ1) is 9.72. The van der Waals surface area contributed by atoms with Gasteiger partial charge in [-0.15, -0.1) is 11.3 Å². The van der Waals surface area contributed by atoms with E-state index >= 15 is 0 Å². The molecule has 3 rings (SSSR count). The van der Waals surface area contributed by atoms with Crippen LogP contribution >= 0.6 is 11.3 Å². The zero-order valence-corrected chi connectivity index (χ0v) is 12.2. The van der Waals surface area contributed by atoms with Crippen LogP contribution in [-0.2, 0) is 6.54 Å². The van der Waals surface area contributed by atoms with Gasteiger partial charge in [-0.2, -0.15) is 0 Å². The summed E-state index contributed by atoms with van der Waals surface area (Å²) in [6, 6.07) is 7.94. The lowest BCUT2D eigenvalue weighted by atomic mass is 10.2. The number of hydrogen-bond acceptors (Lipinski definition) is 5. The number of rotatable bonds is 5. The van der Waals surface area contributed by atoms with Crippen molar-refractivity contribution in [2.45, 2.75) is 26.4 Å². The third-order valence-corrected chi connectivity index (χ3v) is 3.97. The van der Waals surface area contributed by atoms with Gasteiger partial charge in [-0.1, -0.05) is 0 Å². The van der Waals surface area contributed by atoms with E-state index < -0.39 is 0 Å². The molecule has 1 unspecified atom stereocenters. The molecule has 5 heteroatoms. The summed E-state index contributed by atoms with van der Waals surface area (Å²) in [4.78, 5) is 4.56. The topological polar surface area (TPSA) is 51.2 Å². The molecule has 104 valence electrons. The molecule has 0 amide bonds. The SMILES string of the molecule is Cc1ccc(C(C)NCc2csc(-c3ccco3)n2)o1. The van der Waals surface area contributed by atoms with Crippen LogP contribution in [-0.4, -0.2) is 4.98 Å². The van der Waals surface area contributed by atoms with Crippen LogP contribution in [0.25, 0.3) is 10.8 Å². The summed E-state index contributed by atoms with van der Waals surface area (Å²) in [5.74, 6) is 2.70. The molecule has 3 aromatic rings. The van der Waals surface area contributed by atoms with Crippen LogP contribution in [0.4, 0.5) is 0 Å². The van der Waals surface area contributed by atoms with Crippen LogP contribution in [0, 0.1) is 6.92 Å². The average molecular weight is 288 g/mol. The zero-order valence-electron chi connectivity index (χ0n) is 11.4. The fourth-order valence-electron chi connectivity index (χ4n) is 1.95. The van der Waals surface area contributed by atoms with Crippen LogP contribution in [0.2, 0.25) is 0 Å². The second-order valence-electron chi connectivity index (χ2n) is 4.67. The van der Waals surface area contributed by atoms with Gasteiger partial charge in [0, 0.05) is 11.9 Å². The summed E-state index contributed by atoms with van der Waals surface area (Å²) in [7, 11) is 0. The Hall–Kier alpha value is -1.85. The molecule has 1 atom stereocenters. The molecule has 0 saturated carbocycles. The molecule has 0 fully saturated rings. The molecule has 4 nitrogen and oxygen atoms in total. The average Bonchev–Trinajstić information content (AvgIpc) is 3.16. The van der Waals surface area contributed by atoms with Crippen molar-refractivity contribution in [3.63, 3.8) is 0 Å². The van der Waals surface area contributed by atoms with E-state index in [1.807, 2.05) is 36.6 Å². The smallest absolute Gasteiger partial charge is 0.162 e. The van der Waals surface area contributed by atoms with E-state index in [1.165, 1.54) is 0 Å². The van der Waals surface area contributed by atoms with E-state index in [4.69, 9.17) is 8.83 Å². The standard InChI is InChI=1S/C15H16N2O2S/c1-10-5-6-13(19-10)11(2)16-8-12-9-20-15(17-12)14-4-3-7-18-14/h3-7,9,11,16H,8H2,1-2H3. The zero-order chi connectivity index (χ0) is 13.9. The number of thiazole rings is 1. The molecule has 0 bridgehead atoms. The highest BCUT2D eigenvalue weighted by atomic mass is 32.1. The van der Waals surface area contributed by atoms with Crippen LogP contribution in [0.5, 0.6) is 0 Å². The Morgan fingerprint density at radius 2 is 2.25 bits per heavy atom. The first-order valence-electron chi connectivity index (χ1n) is 6.50. The Bertz CT molecular complexity index is 670. The summed E-state index contributed by atoms with van der Waals surface area (Å²) in [6.07, 6.45) is 1.66. The van der Waals surface area contributed by atoms with Gasteiger partial charge in [-0.25, -0.2) is 4.98 Å². The molecule has 0 aliphatic heterocycles. The van der Waals surface area contributed by atoms with Crippen molar-refractivity contribution in [3.8, 4) is 10.8 Å². The lowest BCUT2D eigenvalue weighted by molar-refractivity contribution is 0.415. The van der Waals surface area contributed by atoms with Gasteiger partial charge in [0.2, 0.25) is 0 Å². The van der Waals surface area contributed by atoms with Crippen molar-refractivity contribution in [1.29, 1.82) is 0 Å². The highest BCUT2D eigenvalue weighted by Gasteiger charge is 2.11. The maximum absolute atomic E-state index is 5.60. The van der Waals surface area contributed by atoms with Gasteiger partial charge >= 0.3 is 0 Å². The Morgan fingerprint density at radius 1 is 1.35 bits per heavy atom. The normalized spacial score (nSPS) is 12.7. The molecule has 0 aliphatic rings. The second kappa shape index (κ2) is 5.64. The quantitative estimate of drug-likeness (QED) is 0.766. The molecule has 20 heavy (non-hydrogen) atoms. The number of nitrogens with one attached hydrogen (secondary N) is 1. The molecule has 0 spiro atoms. The molecule has 0 aromatic carbocycles. The predicted molar refractivity (Wildman–Crippen MR) is 78.5 cm³/mol. The maximum Gasteiger partial charge on any atom is 0.162 e. The lowest BCUT2D eigenvalue weighted by Gasteiger charge is -2.09. The number of furan rings is 2. The number of hydrogen-bond donors (Lipinski definition) is 1. The van der Waals surface area contributed by atoms with Gasteiger partial charge < -0.3 is 14.2 Å². The largest absolute Gasteiger partial charge is 0.465 e. The minimum Gasteiger partial charge on any atom is -0.465 e. The van der Waals surface area contributed by atoms with E-state index in [9.17, 15) is 0 Å². The van der Waals surface area contributed by atoms with Crippen molar-refractivity contribution >= 4 is 11.3 Å². The molecular formula is C15H16N2O2S. The van der Waals surface area contributed by atoms with Crippen LogP contribution in [0.3, 0.4) is 0 Å². The third kappa shape index (κ3) is 2.84. The molecule has 0 radical (unpaired) electrons. The van der Waals surface area contributed by atoms with Crippen molar-refractivity contribution in [3.05, 3.63) is 53.1 Å². The molecule has 3 heterocycles. The van der Waals surface area contributed by atoms with Gasteiger partial charge in [-0.05, 0) is 38.1 Å². The van der Waals surface area contributed by atoms with Gasteiger partial charge in [0.1, 0.15) is 11.5 Å². The molecule has 3 aromatic heterocycles. The summed E-state index contributed by atoms with van der Waals surface area (Å²) in [6.45, 7) is 4.74. The van der Waals surface area contributed by atoms with Crippen LogP contribution < -0.4 is 5.32 Å². The van der Waals surface area contributed by atoms with Crippen molar-refractivity contribution < 1.29 is 8.83 Å². The van der Waals surface area contributed by atoms with E-state index in [0.29, 0.717) is 6.54 Å². The Balaban J connectivity index is 1.61. The van der Waals surface area contributed by atoms with Crippen LogP contribution in [0.1, 0.15) is 30.2 Å². The number of aromatic nitrogens is 1. The van der Waals surface area contributed by atoms with Crippen molar-refractivity contribution in [2.75, 3.05) is 0 Å². The summed E-state index contributed by atoms with van der Waals surface area (Å²) in [5.41, 5.74) is 1.01.